The van der Waals surface area contributed by atoms with Crippen molar-refractivity contribution < 1.29 is 0 Å². The van der Waals surface area contributed by atoms with E-state index in [2.05, 4.69) is 27.3 Å². The molecule has 0 amide bonds. The van der Waals surface area contributed by atoms with Crippen molar-refractivity contribution in [2.24, 2.45) is 0 Å². The molecular formula is C13H10BrCl2N. The van der Waals surface area contributed by atoms with E-state index in [1.165, 1.54) is 0 Å². The van der Waals surface area contributed by atoms with Gasteiger partial charge < -0.3 is 5.32 Å². The zero-order valence-electron chi connectivity index (χ0n) is 8.88. The first-order valence-corrected chi connectivity index (χ1v) is 6.64. The van der Waals surface area contributed by atoms with Crippen molar-refractivity contribution in [1.82, 2.24) is 0 Å². The molecule has 1 N–H and O–H groups in total. The summed E-state index contributed by atoms with van der Waals surface area (Å²) in [5.74, 6) is 0. The summed E-state index contributed by atoms with van der Waals surface area (Å²) >= 11 is 15.6. The Kier molecular flexibility index (Phi) is 4.32. The first-order chi connectivity index (χ1) is 8.16. The van der Waals surface area contributed by atoms with Crippen LogP contribution in [0.2, 0.25) is 10.0 Å². The van der Waals surface area contributed by atoms with Gasteiger partial charge in [-0.25, -0.2) is 0 Å². The summed E-state index contributed by atoms with van der Waals surface area (Å²) in [6.45, 7) is 0.683. The number of rotatable bonds is 3. The maximum absolute atomic E-state index is 6.07. The summed E-state index contributed by atoms with van der Waals surface area (Å²) in [5.41, 5.74) is 1.94. The minimum Gasteiger partial charge on any atom is -0.379 e. The van der Waals surface area contributed by atoms with Gasteiger partial charge in [-0.2, -0.15) is 0 Å². The van der Waals surface area contributed by atoms with Crippen molar-refractivity contribution in [3.63, 3.8) is 0 Å². The Morgan fingerprint density at radius 1 is 1.00 bits per heavy atom. The fourth-order valence-electron chi connectivity index (χ4n) is 1.50. The van der Waals surface area contributed by atoms with Gasteiger partial charge in [-0.15, -0.1) is 0 Å². The van der Waals surface area contributed by atoms with Crippen molar-refractivity contribution in [1.29, 1.82) is 0 Å². The second kappa shape index (κ2) is 5.76. The van der Waals surface area contributed by atoms with E-state index in [4.69, 9.17) is 23.2 Å². The highest BCUT2D eigenvalue weighted by atomic mass is 79.9. The van der Waals surface area contributed by atoms with Crippen molar-refractivity contribution in [3.05, 3.63) is 62.5 Å². The summed E-state index contributed by atoms with van der Waals surface area (Å²) in [6, 6.07) is 13.5. The lowest BCUT2D eigenvalue weighted by Crippen LogP contribution is -2.00. The molecular weight excluding hydrogens is 321 g/mol. The fraction of sp³-hybridized carbons (Fsp3) is 0.0769. The Hall–Kier alpha value is -0.700. The van der Waals surface area contributed by atoms with E-state index in [0.717, 1.165) is 15.7 Å². The average molecular weight is 331 g/mol. The van der Waals surface area contributed by atoms with Crippen molar-refractivity contribution >= 4 is 44.8 Å². The number of halogens is 3. The van der Waals surface area contributed by atoms with Gasteiger partial charge in [0.15, 0.2) is 0 Å². The van der Waals surface area contributed by atoms with E-state index in [9.17, 15) is 0 Å². The summed E-state index contributed by atoms with van der Waals surface area (Å²) in [5, 5.41) is 4.50. The van der Waals surface area contributed by atoms with Crippen molar-refractivity contribution in [2.45, 2.75) is 6.54 Å². The topological polar surface area (TPSA) is 12.0 Å². The lowest BCUT2D eigenvalue weighted by Gasteiger charge is -2.10. The molecule has 0 aliphatic heterocycles. The Balaban J connectivity index is 2.13. The van der Waals surface area contributed by atoms with Crippen LogP contribution in [0.4, 0.5) is 5.69 Å². The predicted octanol–water partition coefficient (Wildman–Crippen LogP) is 5.37. The number of hydrogen-bond donors (Lipinski definition) is 1. The summed E-state index contributed by atoms with van der Waals surface area (Å²) in [6.07, 6.45) is 0. The normalized spacial score (nSPS) is 10.3. The van der Waals surface area contributed by atoms with Crippen LogP contribution in [0, 0.1) is 0 Å². The van der Waals surface area contributed by atoms with E-state index >= 15 is 0 Å². The molecule has 2 rings (SSSR count). The zero-order chi connectivity index (χ0) is 12.3. The number of nitrogens with one attached hydrogen (secondary N) is 1. The average Bonchev–Trinajstić information content (AvgIpc) is 2.28. The molecule has 0 saturated carbocycles. The van der Waals surface area contributed by atoms with E-state index in [1.54, 1.807) is 0 Å². The van der Waals surface area contributed by atoms with Crippen LogP contribution in [-0.4, -0.2) is 0 Å². The molecule has 4 heteroatoms. The molecule has 0 heterocycles. The smallest absolute Gasteiger partial charge is 0.0721 e. The van der Waals surface area contributed by atoms with Crippen LogP contribution < -0.4 is 5.32 Å². The predicted molar refractivity (Wildman–Crippen MR) is 77.9 cm³/mol. The van der Waals surface area contributed by atoms with Gasteiger partial charge in [0.05, 0.1) is 15.7 Å². The Bertz CT molecular complexity index is 508. The number of benzene rings is 2. The van der Waals surface area contributed by atoms with Crippen LogP contribution >= 0.6 is 39.1 Å². The van der Waals surface area contributed by atoms with Gasteiger partial charge in [-0.05, 0) is 29.8 Å². The van der Waals surface area contributed by atoms with E-state index < -0.39 is 0 Å². The van der Waals surface area contributed by atoms with Crippen LogP contribution in [0.3, 0.4) is 0 Å². The third kappa shape index (κ3) is 3.38. The largest absolute Gasteiger partial charge is 0.379 e. The van der Waals surface area contributed by atoms with E-state index in [1.807, 2.05) is 36.4 Å². The quantitative estimate of drug-likeness (QED) is 0.797. The second-order valence-electron chi connectivity index (χ2n) is 3.58. The van der Waals surface area contributed by atoms with Crippen LogP contribution in [0.25, 0.3) is 0 Å². The van der Waals surface area contributed by atoms with Crippen LogP contribution in [0.1, 0.15) is 5.56 Å². The highest BCUT2D eigenvalue weighted by molar-refractivity contribution is 9.10. The number of para-hydroxylation sites is 1. The first-order valence-electron chi connectivity index (χ1n) is 5.09. The van der Waals surface area contributed by atoms with E-state index in [0.29, 0.717) is 16.6 Å². The summed E-state index contributed by atoms with van der Waals surface area (Å²) in [4.78, 5) is 0. The highest BCUT2D eigenvalue weighted by Crippen LogP contribution is 2.30. The maximum Gasteiger partial charge on any atom is 0.0721 e. The monoisotopic (exact) mass is 329 g/mol. The minimum absolute atomic E-state index is 0.632. The van der Waals surface area contributed by atoms with Gasteiger partial charge in [0.25, 0.3) is 0 Å². The van der Waals surface area contributed by atoms with Crippen molar-refractivity contribution in [3.8, 4) is 0 Å². The van der Waals surface area contributed by atoms with Crippen LogP contribution in [0.15, 0.2) is 46.9 Å². The maximum atomic E-state index is 6.07. The van der Waals surface area contributed by atoms with Crippen LogP contribution in [0.5, 0.6) is 0 Å². The first kappa shape index (κ1) is 12.7. The SMILES string of the molecule is Clc1cccc(Cl)c1NCc1cccc(Br)c1. The Morgan fingerprint density at radius 2 is 1.65 bits per heavy atom. The molecule has 2 aromatic rings. The van der Waals surface area contributed by atoms with Gasteiger partial charge in [0.2, 0.25) is 0 Å². The molecule has 0 saturated heterocycles. The zero-order valence-corrected chi connectivity index (χ0v) is 12.0. The molecule has 1 nitrogen and oxygen atoms in total. The Morgan fingerprint density at radius 3 is 2.29 bits per heavy atom. The molecule has 88 valence electrons. The summed E-state index contributed by atoms with van der Waals surface area (Å²) in [7, 11) is 0. The molecule has 0 radical (unpaired) electrons. The molecule has 0 aromatic heterocycles. The molecule has 0 bridgehead atoms. The highest BCUT2D eigenvalue weighted by Gasteiger charge is 2.04. The molecule has 17 heavy (non-hydrogen) atoms. The second-order valence-corrected chi connectivity index (χ2v) is 5.31. The lowest BCUT2D eigenvalue weighted by molar-refractivity contribution is 1.15. The molecule has 0 aliphatic carbocycles. The lowest BCUT2D eigenvalue weighted by atomic mass is 10.2. The van der Waals surface area contributed by atoms with E-state index in [-0.39, 0.29) is 0 Å². The van der Waals surface area contributed by atoms with Gasteiger partial charge in [0.1, 0.15) is 0 Å². The standard InChI is InChI=1S/C13H10BrCl2N/c14-10-4-1-3-9(7-10)8-17-13-11(15)5-2-6-12(13)16/h1-7,17H,8H2. The number of anilines is 1. The molecule has 0 aliphatic rings. The number of hydrogen-bond acceptors (Lipinski definition) is 1. The van der Waals surface area contributed by atoms with Gasteiger partial charge in [-0.1, -0.05) is 57.3 Å². The molecule has 0 atom stereocenters. The van der Waals surface area contributed by atoms with Gasteiger partial charge in [-0.3, -0.25) is 0 Å². The third-order valence-corrected chi connectivity index (χ3v) is 3.44. The molecule has 0 spiro atoms. The third-order valence-electron chi connectivity index (χ3n) is 2.32. The van der Waals surface area contributed by atoms with Gasteiger partial charge in [0, 0.05) is 11.0 Å². The van der Waals surface area contributed by atoms with Crippen LogP contribution in [-0.2, 0) is 6.54 Å². The molecule has 0 fully saturated rings. The van der Waals surface area contributed by atoms with Crippen molar-refractivity contribution in [2.75, 3.05) is 5.32 Å². The fourth-order valence-corrected chi connectivity index (χ4v) is 2.48. The minimum atomic E-state index is 0.632. The molecule has 2 aromatic carbocycles. The van der Waals surface area contributed by atoms with Gasteiger partial charge >= 0.3 is 0 Å². The Labute approximate surface area is 119 Å². The molecule has 0 unspecified atom stereocenters. The summed E-state index contributed by atoms with van der Waals surface area (Å²) < 4.78 is 1.06.